The standard InChI is InChI=1S/C22H22Cl2N4O3/c1-4-13-7-8-16(23)19(20(13)24)17(5-2)31-18-9-15(11-26-21(18)25)28-12-14(10-27-28)22(29)30-6-3/h5,7-12,17H,2,4,6H2,1,3H3,(H2,25,26). The van der Waals surface area contributed by atoms with Crippen LogP contribution in [0.4, 0.5) is 5.82 Å². The lowest BCUT2D eigenvalue weighted by Crippen LogP contribution is -2.10. The molecule has 0 spiro atoms. The highest BCUT2D eigenvalue weighted by atomic mass is 35.5. The first-order valence-corrected chi connectivity index (χ1v) is 10.4. The van der Waals surface area contributed by atoms with Crippen LogP contribution in [0.5, 0.6) is 5.75 Å². The first-order chi connectivity index (χ1) is 14.9. The Morgan fingerprint density at radius 3 is 2.77 bits per heavy atom. The highest BCUT2D eigenvalue weighted by Gasteiger charge is 2.21. The monoisotopic (exact) mass is 460 g/mol. The predicted octanol–water partition coefficient (Wildman–Crippen LogP) is 5.20. The summed E-state index contributed by atoms with van der Waals surface area (Å²) < 4.78 is 12.6. The van der Waals surface area contributed by atoms with Gasteiger partial charge in [0.2, 0.25) is 0 Å². The van der Waals surface area contributed by atoms with Crippen molar-refractivity contribution in [1.29, 1.82) is 0 Å². The minimum Gasteiger partial charge on any atom is -0.478 e. The summed E-state index contributed by atoms with van der Waals surface area (Å²) >= 11 is 13.0. The summed E-state index contributed by atoms with van der Waals surface area (Å²) in [4.78, 5) is 16.1. The van der Waals surface area contributed by atoms with Gasteiger partial charge in [-0.1, -0.05) is 42.8 Å². The second kappa shape index (κ2) is 9.85. The summed E-state index contributed by atoms with van der Waals surface area (Å²) in [7, 11) is 0. The fourth-order valence-electron chi connectivity index (χ4n) is 2.96. The summed E-state index contributed by atoms with van der Waals surface area (Å²) in [6.45, 7) is 7.87. The maximum absolute atomic E-state index is 11.9. The number of pyridine rings is 1. The Kier molecular flexibility index (Phi) is 7.20. The Balaban J connectivity index is 1.94. The Morgan fingerprint density at radius 2 is 2.10 bits per heavy atom. The van der Waals surface area contributed by atoms with Gasteiger partial charge in [0.25, 0.3) is 0 Å². The molecule has 1 unspecified atom stereocenters. The number of benzene rings is 1. The van der Waals surface area contributed by atoms with Crippen LogP contribution in [0.3, 0.4) is 0 Å². The average Bonchev–Trinajstić information content (AvgIpc) is 3.25. The normalized spacial score (nSPS) is 11.7. The van der Waals surface area contributed by atoms with E-state index in [1.54, 1.807) is 31.3 Å². The molecule has 1 atom stereocenters. The van der Waals surface area contributed by atoms with Crippen LogP contribution in [0.25, 0.3) is 5.69 Å². The number of aromatic nitrogens is 3. The first-order valence-electron chi connectivity index (χ1n) is 9.63. The third kappa shape index (κ3) is 4.84. The van der Waals surface area contributed by atoms with Crippen LogP contribution in [0, 0.1) is 0 Å². The van der Waals surface area contributed by atoms with Gasteiger partial charge in [0.05, 0.1) is 35.3 Å². The third-order valence-corrected chi connectivity index (χ3v) is 5.34. The number of esters is 1. The molecule has 162 valence electrons. The quantitative estimate of drug-likeness (QED) is 0.366. The molecule has 2 heterocycles. The number of nitrogens with two attached hydrogens (primary N) is 1. The lowest BCUT2D eigenvalue weighted by atomic mass is 10.0. The number of hydrogen-bond acceptors (Lipinski definition) is 6. The minimum atomic E-state index is -0.654. The number of halogens is 2. The SMILES string of the molecule is C=CC(Oc1cc(-n2cc(C(=O)OCC)cn2)cnc1N)c1c(Cl)ccc(CC)c1Cl. The largest absolute Gasteiger partial charge is 0.478 e. The third-order valence-electron chi connectivity index (χ3n) is 4.57. The van der Waals surface area contributed by atoms with Crippen molar-refractivity contribution in [3.63, 3.8) is 0 Å². The van der Waals surface area contributed by atoms with E-state index in [1.165, 1.54) is 17.1 Å². The molecule has 7 nitrogen and oxygen atoms in total. The molecule has 0 aliphatic heterocycles. The van der Waals surface area contributed by atoms with Gasteiger partial charge in [0, 0.05) is 22.8 Å². The van der Waals surface area contributed by atoms with Gasteiger partial charge in [0.15, 0.2) is 11.6 Å². The van der Waals surface area contributed by atoms with Gasteiger partial charge >= 0.3 is 5.97 Å². The topological polar surface area (TPSA) is 92.3 Å². The highest BCUT2D eigenvalue weighted by Crippen LogP contribution is 2.37. The van der Waals surface area contributed by atoms with Gasteiger partial charge in [-0.2, -0.15) is 5.10 Å². The van der Waals surface area contributed by atoms with Crippen LogP contribution in [0.2, 0.25) is 10.0 Å². The number of hydrogen-bond donors (Lipinski definition) is 1. The number of rotatable bonds is 8. The molecular formula is C22H22Cl2N4O3. The molecule has 0 aliphatic carbocycles. The fraction of sp³-hybridized carbons (Fsp3) is 0.227. The van der Waals surface area contributed by atoms with E-state index in [9.17, 15) is 4.79 Å². The van der Waals surface area contributed by atoms with Crippen LogP contribution < -0.4 is 10.5 Å². The van der Waals surface area contributed by atoms with Gasteiger partial charge < -0.3 is 15.2 Å². The zero-order valence-electron chi connectivity index (χ0n) is 17.1. The number of nitrogens with zero attached hydrogens (tertiary/aromatic N) is 3. The van der Waals surface area contributed by atoms with Crippen molar-refractivity contribution in [2.24, 2.45) is 0 Å². The number of carbonyl (C=O) groups is 1. The van der Waals surface area contributed by atoms with E-state index in [-0.39, 0.29) is 12.4 Å². The lowest BCUT2D eigenvalue weighted by Gasteiger charge is -2.21. The molecule has 0 bridgehead atoms. The zero-order chi connectivity index (χ0) is 22.5. The van der Waals surface area contributed by atoms with E-state index >= 15 is 0 Å². The molecule has 3 rings (SSSR count). The number of carbonyl (C=O) groups excluding carboxylic acids is 1. The fourth-order valence-corrected chi connectivity index (χ4v) is 3.68. The Bertz CT molecular complexity index is 1110. The molecule has 3 aromatic rings. The molecule has 0 saturated heterocycles. The Morgan fingerprint density at radius 1 is 1.32 bits per heavy atom. The van der Waals surface area contributed by atoms with Gasteiger partial charge in [-0.05, 0) is 31.1 Å². The molecule has 0 radical (unpaired) electrons. The van der Waals surface area contributed by atoms with Crippen LogP contribution >= 0.6 is 23.2 Å². The smallest absolute Gasteiger partial charge is 0.341 e. The van der Waals surface area contributed by atoms with E-state index in [2.05, 4.69) is 16.7 Å². The van der Waals surface area contributed by atoms with Crippen molar-refractivity contribution in [3.05, 3.63) is 76.2 Å². The van der Waals surface area contributed by atoms with Gasteiger partial charge in [0.1, 0.15) is 6.10 Å². The van der Waals surface area contributed by atoms with Crippen molar-refractivity contribution in [1.82, 2.24) is 14.8 Å². The van der Waals surface area contributed by atoms with E-state index in [0.29, 0.717) is 32.6 Å². The molecule has 0 aliphatic rings. The molecule has 0 amide bonds. The molecule has 2 N–H and O–H groups in total. The molecule has 0 saturated carbocycles. The van der Waals surface area contributed by atoms with Crippen molar-refractivity contribution >= 4 is 35.0 Å². The molecule has 9 heteroatoms. The first kappa shape index (κ1) is 22.7. The second-order valence-corrected chi connectivity index (χ2v) is 7.32. The minimum absolute atomic E-state index is 0.173. The van der Waals surface area contributed by atoms with E-state index in [1.807, 2.05) is 13.0 Å². The van der Waals surface area contributed by atoms with E-state index in [4.69, 9.17) is 38.4 Å². The maximum atomic E-state index is 11.9. The van der Waals surface area contributed by atoms with Crippen LogP contribution in [0.1, 0.15) is 41.4 Å². The van der Waals surface area contributed by atoms with Crippen molar-refractivity contribution in [2.45, 2.75) is 26.4 Å². The summed E-state index contributed by atoms with van der Waals surface area (Å²) in [5.41, 5.74) is 8.44. The number of aryl methyl sites for hydroxylation is 1. The maximum Gasteiger partial charge on any atom is 0.341 e. The summed E-state index contributed by atoms with van der Waals surface area (Å²) in [5, 5.41) is 5.17. The average molecular weight is 461 g/mol. The zero-order valence-corrected chi connectivity index (χ0v) is 18.7. The molecular weight excluding hydrogens is 439 g/mol. The molecule has 1 aromatic carbocycles. The van der Waals surface area contributed by atoms with E-state index < -0.39 is 12.1 Å². The van der Waals surface area contributed by atoms with E-state index in [0.717, 1.165) is 12.0 Å². The molecule has 2 aromatic heterocycles. The summed E-state index contributed by atoms with van der Waals surface area (Å²) in [6, 6.07) is 5.32. The highest BCUT2D eigenvalue weighted by molar-refractivity contribution is 6.36. The van der Waals surface area contributed by atoms with Crippen LogP contribution in [-0.4, -0.2) is 27.3 Å². The summed E-state index contributed by atoms with van der Waals surface area (Å²) in [6.07, 6.45) is 6.15. The van der Waals surface area contributed by atoms with Crippen LogP contribution in [-0.2, 0) is 11.2 Å². The number of nitrogen functional groups attached to an aromatic ring is 1. The Hall–Kier alpha value is -3.03. The van der Waals surface area contributed by atoms with Crippen molar-refractivity contribution in [3.8, 4) is 11.4 Å². The lowest BCUT2D eigenvalue weighted by molar-refractivity contribution is 0.0526. The molecule has 0 fully saturated rings. The Labute approximate surface area is 190 Å². The van der Waals surface area contributed by atoms with Gasteiger partial charge in [-0.25, -0.2) is 14.5 Å². The summed E-state index contributed by atoms with van der Waals surface area (Å²) in [5.74, 6) is 0.0114. The second-order valence-electron chi connectivity index (χ2n) is 6.53. The number of anilines is 1. The predicted molar refractivity (Wildman–Crippen MR) is 121 cm³/mol. The van der Waals surface area contributed by atoms with Gasteiger partial charge in [-0.3, -0.25) is 0 Å². The van der Waals surface area contributed by atoms with Crippen molar-refractivity contribution < 1.29 is 14.3 Å². The number of ether oxygens (including phenoxy) is 2. The van der Waals surface area contributed by atoms with Crippen molar-refractivity contribution in [2.75, 3.05) is 12.3 Å². The van der Waals surface area contributed by atoms with Crippen LogP contribution in [0.15, 0.2) is 49.4 Å². The van der Waals surface area contributed by atoms with Gasteiger partial charge in [-0.15, -0.1) is 0 Å². The molecule has 31 heavy (non-hydrogen) atoms.